The van der Waals surface area contributed by atoms with Crippen LogP contribution < -0.4 is 17.2 Å². The molecule has 1 aliphatic carbocycles. The first-order valence-electron chi connectivity index (χ1n) is 4.06. The summed E-state index contributed by atoms with van der Waals surface area (Å²) in [5, 5.41) is 8.58. The summed E-state index contributed by atoms with van der Waals surface area (Å²) in [7, 11) is 0. The van der Waals surface area contributed by atoms with Crippen LogP contribution in [0.1, 0.15) is 6.42 Å². The highest BCUT2D eigenvalue weighted by Gasteiger charge is 2.44. The lowest BCUT2D eigenvalue weighted by Gasteiger charge is -2.03. The van der Waals surface area contributed by atoms with Crippen molar-refractivity contribution in [3.8, 4) is 0 Å². The lowest BCUT2D eigenvalue weighted by molar-refractivity contribution is -0.139. The fraction of sp³-hybridized carbons (Fsp3) is 0.714. The molecule has 0 saturated heterocycles. The van der Waals surface area contributed by atoms with E-state index < -0.39 is 12.0 Å². The van der Waals surface area contributed by atoms with Crippen LogP contribution in [0.5, 0.6) is 0 Å². The molecule has 1 aliphatic rings. The maximum Gasteiger partial charge on any atom is 0.320 e. The molecule has 0 aromatic heterocycles. The maximum atomic E-state index is 10.5. The quantitative estimate of drug-likeness (QED) is 0.386. The highest BCUT2D eigenvalue weighted by atomic mass is 35.5. The van der Waals surface area contributed by atoms with Crippen molar-refractivity contribution in [1.82, 2.24) is 0 Å². The minimum atomic E-state index is -0.961. The van der Waals surface area contributed by atoms with Crippen molar-refractivity contribution in [3.63, 3.8) is 0 Å². The number of hydrogen-bond acceptors (Lipinski definition) is 3. The summed E-state index contributed by atoms with van der Waals surface area (Å²) in [6.07, 6.45) is 0.796. The van der Waals surface area contributed by atoms with Crippen molar-refractivity contribution in [2.24, 2.45) is 34.0 Å². The van der Waals surface area contributed by atoms with E-state index in [4.69, 9.17) is 22.3 Å². The molecule has 6 nitrogen and oxygen atoms in total. The van der Waals surface area contributed by atoms with Crippen LogP contribution in [0.25, 0.3) is 0 Å². The summed E-state index contributed by atoms with van der Waals surface area (Å²) in [6, 6.07) is -0.779. The van der Waals surface area contributed by atoms with Crippen LogP contribution in [0.2, 0.25) is 0 Å². The van der Waals surface area contributed by atoms with Crippen molar-refractivity contribution < 1.29 is 9.90 Å². The van der Waals surface area contributed by atoms with Gasteiger partial charge < -0.3 is 22.3 Å². The SMILES string of the molecule is Cl.Cl.NC(N)=NC[C@H]1C[C@@H]1[C@@H](N)C(=O)O. The van der Waals surface area contributed by atoms with E-state index in [1.54, 1.807) is 0 Å². The molecule has 0 aliphatic heterocycles. The summed E-state index contributed by atoms with van der Waals surface area (Å²) >= 11 is 0. The molecule has 3 atom stereocenters. The summed E-state index contributed by atoms with van der Waals surface area (Å²) in [5.74, 6) is -0.666. The molecule has 1 rings (SSSR count). The second-order valence-corrected chi connectivity index (χ2v) is 3.29. The Morgan fingerprint density at radius 2 is 2.00 bits per heavy atom. The van der Waals surface area contributed by atoms with Gasteiger partial charge >= 0.3 is 5.97 Å². The van der Waals surface area contributed by atoms with Crippen molar-refractivity contribution in [2.45, 2.75) is 12.5 Å². The number of aliphatic imine (C=N–C) groups is 1. The van der Waals surface area contributed by atoms with Crippen molar-refractivity contribution in [3.05, 3.63) is 0 Å². The summed E-state index contributed by atoms with van der Waals surface area (Å²) in [4.78, 5) is 14.3. The van der Waals surface area contributed by atoms with E-state index in [2.05, 4.69) is 4.99 Å². The van der Waals surface area contributed by atoms with Gasteiger partial charge in [0.2, 0.25) is 0 Å². The molecule has 8 heteroatoms. The fourth-order valence-electron chi connectivity index (χ4n) is 1.33. The molecule has 0 aromatic rings. The minimum Gasteiger partial charge on any atom is -0.480 e. The molecule has 0 bridgehead atoms. The fourth-order valence-corrected chi connectivity index (χ4v) is 1.33. The van der Waals surface area contributed by atoms with Crippen LogP contribution in [0.3, 0.4) is 0 Å². The minimum absolute atomic E-state index is 0. The first-order valence-corrected chi connectivity index (χ1v) is 4.06. The topological polar surface area (TPSA) is 128 Å². The number of carboxylic acid groups (broad SMARTS) is 1. The van der Waals surface area contributed by atoms with Gasteiger partial charge in [-0.1, -0.05) is 0 Å². The predicted octanol–water partition coefficient (Wildman–Crippen LogP) is -0.849. The molecular formula is C7H16Cl2N4O2. The summed E-state index contributed by atoms with van der Waals surface area (Å²) in [5.41, 5.74) is 15.7. The summed E-state index contributed by atoms with van der Waals surface area (Å²) in [6.45, 7) is 0.480. The van der Waals surface area contributed by atoms with Crippen LogP contribution in [-0.4, -0.2) is 29.6 Å². The van der Waals surface area contributed by atoms with Gasteiger partial charge in [-0.05, 0) is 18.3 Å². The Labute approximate surface area is 100 Å². The van der Waals surface area contributed by atoms with E-state index in [0.29, 0.717) is 6.54 Å². The Hall–Kier alpha value is -0.720. The van der Waals surface area contributed by atoms with Crippen molar-refractivity contribution in [2.75, 3.05) is 6.54 Å². The number of hydrogen-bond donors (Lipinski definition) is 4. The Bertz CT molecular complexity index is 245. The zero-order valence-electron chi connectivity index (χ0n) is 8.00. The van der Waals surface area contributed by atoms with Crippen LogP contribution in [-0.2, 0) is 4.79 Å². The number of aliphatic carboxylic acids is 1. The highest BCUT2D eigenvalue weighted by molar-refractivity contribution is 5.85. The average molecular weight is 259 g/mol. The Morgan fingerprint density at radius 3 is 2.40 bits per heavy atom. The van der Waals surface area contributed by atoms with Gasteiger partial charge in [0.05, 0.1) is 0 Å². The molecule has 90 valence electrons. The molecule has 0 aromatic carbocycles. The van der Waals surface area contributed by atoms with E-state index in [0.717, 1.165) is 6.42 Å². The third-order valence-corrected chi connectivity index (χ3v) is 2.23. The molecule has 0 radical (unpaired) electrons. The lowest BCUT2D eigenvalue weighted by atomic mass is 10.1. The van der Waals surface area contributed by atoms with Crippen LogP contribution in [0, 0.1) is 11.8 Å². The smallest absolute Gasteiger partial charge is 0.320 e. The zero-order valence-corrected chi connectivity index (χ0v) is 9.63. The average Bonchev–Trinajstić information content (AvgIpc) is 2.78. The number of carboxylic acids is 1. The molecule has 0 spiro atoms. The monoisotopic (exact) mass is 258 g/mol. The number of halogens is 2. The molecule has 15 heavy (non-hydrogen) atoms. The van der Waals surface area contributed by atoms with Crippen molar-refractivity contribution in [1.29, 1.82) is 0 Å². The number of nitrogens with two attached hydrogens (primary N) is 3. The van der Waals surface area contributed by atoms with Gasteiger partial charge in [-0.15, -0.1) is 24.8 Å². The van der Waals surface area contributed by atoms with Crippen LogP contribution in [0.15, 0.2) is 4.99 Å². The number of guanidine groups is 1. The summed E-state index contributed by atoms with van der Waals surface area (Å²) < 4.78 is 0. The first kappa shape index (κ1) is 16.7. The largest absolute Gasteiger partial charge is 0.480 e. The van der Waals surface area contributed by atoms with Gasteiger partial charge in [0, 0.05) is 6.54 Å². The zero-order chi connectivity index (χ0) is 10.0. The molecule has 0 unspecified atom stereocenters. The number of rotatable bonds is 4. The number of carbonyl (C=O) groups is 1. The second kappa shape index (κ2) is 6.71. The molecule has 1 saturated carbocycles. The molecular weight excluding hydrogens is 243 g/mol. The first-order chi connectivity index (χ1) is 6.02. The van der Waals surface area contributed by atoms with E-state index in [1.807, 2.05) is 0 Å². The van der Waals surface area contributed by atoms with Gasteiger partial charge in [0.15, 0.2) is 5.96 Å². The Balaban J connectivity index is 0. The second-order valence-electron chi connectivity index (χ2n) is 3.29. The van der Waals surface area contributed by atoms with Crippen LogP contribution >= 0.6 is 24.8 Å². The molecule has 0 heterocycles. The van der Waals surface area contributed by atoms with E-state index >= 15 is 0 Å². The third-order valence-electron chi connectivity index (χ3n) is 2.23. The normalized spacial score (nSPS) is 24.1. The van der Waals surface area contributed by atoms with Crippen LogP contribution in [0.4, 0.5) is 0 Å². The lowest BCUT2D eigenvalue weighted by Crippen LogP contribution is -2.33. The van der Waals surface area contributed by atoms with Crippen molar-refractivity contribution >= 4 is 36.7 Å². The van der Waals surface area contributed by atoms with E-state index in [1.165, 1.54) is 0 Å². The van der Waals surface area contributed by atoms with Gasteiger partial charge in [-0.25, -0.2) is 0 Å². The van der Waals surface area contributed by atoms with E-state index in [-0.39, 0.29) is 42.6 Å². The molecule has 7 N–H and O–H groups in total. The Kier molecular flexibility index (Phi) is 7.47. The van der Waals surface area contributed by atoms with Gasteiger partial charge in [-0.2, -0.15) is 0 Å². The molecule has 1 fully saturated rings. The number of nitrogens with zero attached hydrogens (tertiary/aromatic N) is 1. The van der Waals surface area contributed by atoms with Gasteiger partial charge in [-0.3, -0.25) is 9.79 Å². The molecule has 0 amide bonds. The third kappa shape index (κ3) is 5.06. The standard InChI is InChI=1S/C7H14N4O2.2ClH/c8-5(6(12)13)4-1-3(4)2-11-7(9)10;;/h3-5H,1-2,8H2,(H,12,13)(H4,9,10,11);2*1H/t3-,4+,5-;;/m1../s1. The van der Waals surface area contributed by atoms with E-state index in [9.17, 15) is 4.79 Å². The van der Waals surface area contributed by atoms with Gasteiger partial charge in [0.25, 0.3) is 0 Å². The highest BCUT2D eigenvalue weighted by Crippen LogP contribution is 2.40. The van der Waals surface area contributed by atoms with Gasteiger partial charge in [0.1, 0.15) is 6.04 Å². The predicted molar refractivity (Wildman–Crippen MR) is 62.4 cm³/mol. The Morgan fingerprint density at radius 1 is 1.47 bits per heavy atom. The maximum absolute atomic E-state index is 10.5.